The van der Waals surface area contributed by atoms with Crippen LogP contribution >= 0.6 is 0 Å². The minimum Gasteiger partial charge on any atom is -0.423 e. The van der Waals surface area contributed by atoms with Gasteiger partial charge in [-0.05, 0) is 35.7 Å². The van der Waals surface area contributed by atoms with E-state index in [1.807, 2.05) is 12.1 Å². The van der Waals surface area contributed by atoms with Crippen molar-refractivity contribution in [1.29, 1.82) is 5.26 Å². The topological polar surface area (TPSA) is 50.1 Å². The molecular weight excluding hydrogens is 491 g/mol. The average Bonchev–Trinajstić information content (AvgIpc) is 2.63. The first-order valence-electron chi connectivity index (χ1n) is 8.01. The van der Waals surface area contributed by atoms with Crippen LogP contribution in [0.25, 0.3) is 0 Å². The molecule has 3 nitrogen and oxygen atoms in total. The molecule has 25 heavy (non-hydrogen) atoms. The maximum atomic E-state index is 13.5. The Morgan fingerprint density at radius 1 is 1.16 bits per heavy atom. The number of halogens is 1. The second-order valence-electron chi connectivity index (χ2n) is 5.91. The predicted molar refractivity (Wildman–Crippen MR) is 88.0 cm³/mol. The molecule has 1 radical (unpaired) electrons. The Labute approximate surface area is 160 Å². The zero-order chi connectivity index (χ0) is 16.9. The Morgan fingerprint density at radius 3 is 2.44 bits per heavy atom. The molecule has 129 valence electrons. The monoisotopic (exact) mass is 509 g/mol. The van der Waals surface area contributed by atoms with Gasteiger partial charge >= 0.3 is 5.97 Å². The quantitative estimate of drug-likeness (QED) is 0.341. The van der Waals surface area contributed by atoms with Crippen LogP contribution in [0.15, 0.2) is 42.5 Å². The molecule has 0 bridgehead atoms. The SMILES string of the molecule is N#Cc1ccc(OC(=O)c2ccc(C3CC[CH-]CC3)cc2)cc1F.[Re]. The van der Waals surface area contributed by atoms with Crippen LogP contribution in [-0.2, 0) is 20.4 Å². The van der Waals surface area contributed by atoms with Gasteiger partial charge in [0.05, 0.1) is 11.1 Å². The molecule has 0 amide bonds. The first-order chi connectivity index (χ1) is 11.7. The molecule has 0 saturated heterocycles. The van der Waals surface area contributed by atoms with Gasteiger partial charge in [-0.25, -0.2) is 9.18 Å². The normalized spacial score (nSPS) is 14.2. The number of carbonyl (C=O) groups excluding carboxylic acids is 1. The largest absolute Gasteiger partial charge is 0.423 e. The van der Waals surface area contributed by atoms with Gasteiger partial charge in [-0.15, -0.1) is 0 Å². The van der Waals surface area contributed by atoms with E-state index in [1.165, 1.54) is 17.7 Å². The predicted octanol–water partition coefficient (Wildman–Crippen LogP) is 4.78. The van der Waals surface area contributed by atoms with E-state index in [9.17, 15) is 9.18 Å². The van der Waals surface area contributed by atoms with E-state index in [0.29, 0.717) is 11.5 Å². The van der Waals surface area contributed by atoms with Crippen molar-refractivity contribution in [3.8, 4) is 11.8 Å². The summed E-state index contributed by atoms with van der Waals surface area (Å²) in [6.45, 7) is 0. The van der Waals surface area contributed by atoms with Gasteiger partial charge in [-0.3, -0.25) is 0 Å². The molecule has 5 heteroatoms. The minimum atomic E-state index is -0.702. The van der Waals surface area contributed by atoms with Gasteiger partial charge in [0.1, 0.15) is 17.6 Å². The number of hydrogen-bond acceptors (Lipinski definition) is 3. The maximum absolute atomic E-state index is 13.5. The number of nitriles is 1. The molecule has 1 aliphatic carbocycles. The third-order valence-corrected chi connectivity index (χ3v) is 4.33. The number of nitrogens with zero attached hydrogens (tertiary/aromatic N) is 1. The summed E-state index contributed by atoms with van der Waals surface area (Å²) < 4.78 is 18.7. The van der Waals surface area contributed by atoms with Gasteiger partial charge < -0.3 is 11.2 Å². The van der Waals surface area contributed by atoms with Crippen LogP contribution in [0, 0.1) is 23.6 Å². The van der Waals surface area contributed by atoms with E-state index in [2.05, 4.69) is 6.42 Å². The summed E-state index contributed by atoms with van der Waals surface area (Å²) in [7, 11) is 0. The standard InChI is InChI=1S/C20H17FNO2.Re/c21-19-12-18(11-10-17(19)13-22)24-20(23)16-8-6-15(7-9-16)14-4-2-1-3-5-14;/h1,6-12,14H,2-5H2;/q-1;. The number of esters is 1. The Morgan fingerprint density at radius 2 is 1.84 bits per heavy atom. The Balaban J connectivity index is 0.00000225. The first kappa shape index (κ1) is 19.3. The Bertz CT molecular complexity index is 777. The van der Waals surface area contributed by atoms with E-state index in [-0.39, 0.29) is 31.7 Å². The fourth-order valence-electron chi connectivity index (χ4n) is 2.97. The van der Waals surface area contributed by atoms with Crippen molar-refractivity contribution in [2.45, 2.75) is 31.6 Å². The maximum Gasteiger partial charge on any atom is 0.343 e. The number of benzene rings is 2. The zero-order valence-electron chi connectivity index (χ0n) is 13.5. The molecule has 0 unspecified atom stereocenters. The summed E-state index contributed by atoms with van der Waals surface area (Å²) in [4.78, 5) is 12.2. The molecule has 0 heterocycles. The van der Waals surface area contributed by atoms with Crippen molar-refractivity contribution < 1.29 is 34.3 Å². The molecule has 0 aromatic heterocycles. The first-order valence-corrected chi connectivity index (χ1v) is 8.01. The summed E-state index contributed by atoms with van der Waals surface area (Å²) >= 11 is 0. The Kier molecular flexibility index (Phi) is 6.88. The fraction of sp³-hybridized carbons (Fsp3) is 0.250. The number of ether oxygens (including phenoxy) is 1. The van der Waals surface area contributed by atoms with Gasteiger partial charge in [0, 0.05) is 26.5 Å². The molecule has 0 N–H and O–H groups in total. The molecule has 1 fully saturated rings. The van der Waals surface area contributed by atoms with Crippen molar-refractivity contribution in [2.24, 2.45) is 0 Å². The molecule has 1 saturated carbocycles. The summed E-state index contributed by atoms with van der Waals surface area (Å²) in [5, 5.41) is 8.70. The van der Waals surface area contributed by atoms with Crippen molar-refractivity contribution in [2.75, 3.05) is 0 Å². The van der Waals surface area contributed by atoms with Crippen LogP contribution in [0.1, 0.15) is 53.1 Å². The number of carbonyl (C=O) groups is 1. The smallest absolute Gasteiger partial charge is 0.343 e. The summed E-state index contributed by atoms with van der Waals surface area (Å²) in [5.74, 6) is -0.606. The molecule has 0 spiro atoms. The number of hydrogen-bond donors (Lipinski definition) is 0. The van der Waals surface area contributed by atoms with E-state index in [0.717, 1.165) is 31.7 Å². The summed E-state index contributed by atoms with van der Waals surface area (Å²) in [6.07, 6.45) is 6.89. The van der Waals surface area contributed by atoms with Gasteiger partial charge in [0.25, 0.3) is 0 Å². The van der Waals surface area contributed by atoms with Crippen LogP contribution in [0.4, 0.5) is 4.39 Å². The van der Waals surface area contributed by atoms with Crippen molar-refractivity contribution in [3.05, 3.63) is 71.4 Å². The van der Waals surface area contributed by atoms with Gasteiger partial charge in [0.15, 0.2) is 0 Å². The van der Waals surface area contributed by atoms with E-state index in [1.54, 1.807) is 18.2 Å². The van der Waals surface area contributed by atoms with E-state index < -0.39 is 11.8 Å². The average molecular weight is 509 g/mol. The van der Waals surface area contributed by atoms with Crippen LogP contribution in [-0.4, -0.2) is 5.97 Å². The fourth-order valence-corrected chi connectivity index (χ4v) is 2.97. The number of rotatable bonds is 3. The second kappa shape index (κ2) is 8.90. The van der Waals surface area contributed by atoms with Gasteiger partial charge in [-0.2, -0.15) is 18.1 Å². The van der Waals surface area contributed by atoms with Crippen molar-refractivity contribution in [3.63, 3.8) is 0 Å². The van der Waals surface area contributed by atoms with Crippen LogP contribution in [0.5, 0.6) is 5.75 Å². The molecule has 2 aromatic carbocycles. The third-order valence-electron chi connectivity index (χ3n) is 4.33. The molecular formula is C20H17FNO2Re-. The second-order valence-corrected chi connectivity index (χ2v) is 5.91. The van der Waals surface area contributed by atoms with E-state index >= 15 is 0 Å². The van der Waals surface area contributed by atoms with Crippen molar-refractivity contribution in [1.82, 2.24) is 0 Å². The van der Waals surface area contributed by atoms with Gasteiger partial charge in [0.2, 0.25) is 0 Å². The molecule has 0 atom stereocenters. The minimum absolute atomic E-state index is 0. The van der Waals surface area contributed by atoms with Crippen LogP contribution < -0.4 is 4.74 Å². The molecule has 3 rings (SSSR count). The summed E-state index contributed by atoms with van der Waals surface area (Å²) in [5.41, 5.74) is 1.58. The van der Waals surface area contributed by atoms with Crippen LogP contribution in [0.3, 0.4) is 0 Å². The van der Waals surface area contributed by atoms with Gasteiger partial charge in [-0.1, -0.05) is 25.0 Å². The van der Waals surface area contributed by atoms with Crippen LogP contribution in [0.2, 0.25) is 0 Å². The third kappa shape index (κ3) is 4.76. The Hall–Kier alpha value is -2.01. The van der Waals surface area contributed by atoms with E-state index in [4.69, 9.17) is 10.00 Å². The molecule has 2 aromatic rings. The van der Waals surface area contributed by atoms with Crippen molar-refractivity contribution >= 4 is 5.97 Å². The summed E-state index contributed by atoms with van der Waals surface area (Å²) in [6, 6.07) is 12.9. The zero-order valence-corrected chi connectivity index (χ0v) is 16.3. The molecule has 0 aliphatic heterocycles. The molecule has 1 aliphatic rings.